The van der Waals surface area contributed by atoms with Gasteiger partial charge in [-0.2, -0.15) is 18.2 Å². The van der Waals surface area contributed by atoms with Crippen molar-refractivity contribution in [3.05, 3.63) is 74.7 Å². The van der Waals surface area contributed by atoms with Gasteiger partial charge in [0.15, 0.2) is 17.4 Å². The standard InChI is InChI=1S/C24H19ClF5N3O4/c1-23-11-32-20(33(23)4-5-35-12-23)9-19(31-22(32)34)36-10-13-6-17(26)21(18(27)7-13)37-14-2-3-16(25)15(8-14)24(28,29)30/h2-3,6-9H,4-5,10-12H2,1H3/t23-/m1/s1. The van der Waals surface area contributed by atoms with Crippen LogP contribution in [-0.4, -0.2) is 34.8 Å². The molecule has 196 valence electrons. The van der Waals surface area contributed by atoms with Gasteiger partial charge >= 0.3 is 11.9 Å². The van der Waals surface area contributed by atoms with Crippen molar-refractivity contribution in [3.8, 4) is 17.4 Å². The van der Waals surface area contributed by atoms with Gasteiger partial charge in [-0.25, -0.2) is 13.6 Å². The van der Waals surface area contributed by atoms with Gasteiger partial charge in [-0.15, -0.1) is 0 Å². The summed E-state index contributed by atoms with van der Waals surface area (Å²) in [7, 11) is 0. The second-order valence-corrected chi connectivity index (χ2v) is 9.35. The van der Waals surface area contributed by atoms with Gasteiger partial charge in [-0.05, 0) is 42.8 Å². The number of rotatable bonds is 5. The maximum atomic E-state index is 14.7. The first-order chi connectivity index (χ1) is 17.4. The van der Waals surface area contributed by atoms with E-state index in [4.69, 9.17) is 25.8 Å². The highest BCUT2D eigenvalue weighted by molar-refractivity contribution is 6.31. The largest absolute Gasteiger partial charge is 0.473 e. The summed E-state index contributed by atoms with van der Waals surface area (Å²) in [5.74, 6) is -3.06. The van der Waals surface area contributed by atoms with Crippen molar-refractivity contribution >= 4 is 17.4 Å². The van der Waals surface area contributed by atoms with Crippen LogP contribution in [0, 0.1) is 11.6 Å². The lowest BCUT2D eigenvalue weighted by Crippen LogP contribution is -2.53. The Bertz CT molecular complexity index is 1410. The van der Waals surface area contributed by atoms with Crippen molar-refractivity contribution in [1.29, 1.82) is 0 Å². The molecule has 5 rings (SSSR count). The zero-order valence-electron chi connectivity index (χ0n) is 19.2. The van der Waals surface area contributed by atoms with Gasteiger partial charge in [0.1, 0.15) is 18.2 Å². The zero-order chi connectivity index (χ0) is 26.5. The number of nitrogens with zero attached hydrogens (tertiary/aromatic N) is 3. The van der Waals surface area contributed by atoms with Crippen LogP contribution in [0.25, 0.3) is 0 Å². The van der Waals surface area contributed by atoms with Gasteiger partial charge in [0.25, 0.3) is 0 Å². The summed E-state index contributed by atoms with van der Waals surface area (Å²) in [6.07, 6.45) is -4.77. The van der Waals surface area contributed by atoms with Crippen LogP contribution in [0.3, 0.4) is 0 Å². The van der Waals surface area contributed by atoms with Crippen LogP contribution in [0.1, 0.15) is 18.1 Å². The number of benzene rings is 2. The molecule has 0 spiro atoms. The number of hydrogen-bond donors (Lipinski definition) is 0. The molecule has 1 aromatic heterocycles. The van der Waals surface area contributed by atoms with E-state index in [0.29, 0.717) is 38.2 Å². The fraction of sp³-hybridized carbons (Fsp3) is 0.333. The zero-order valence-corrected chi connectivity index (χ0v) is 20.0. The number of morpholine rings is 1. The van der Waals surface area contributed by atoms with Gasteiger partial charge in [0.2, 0.25) is 5.88 Å². The topological polar surface area (TPSA) is 65.8 Å². The lowest BCUT2D eigenvalue weighted by Gasteiger charge is -2.39. The molecule has 37 heavy (non-hydrogen) atoms. The highest BCUT2D eigenvalue weighted by atomic mass is 35.5. The van der Waals surface area contributed by atoms with E-state index in [2.05, 4.69) is 4.98 Å². The first-order valence-corrected chi connectivity index (χ1v) is 11.4. The van der Waals surface area contributed by atoms with Crippen LogP contribution in [0.15, 0.2) is 41.2 Å². The molecule has 0 bridgehead atoms. The number of halogens is 6. The van der Waals surface area contributed by atoms with Crippen LogP contribution in [-0.2, 0) is 24.1 Å². The van der Waals surface area contributed by atoms with Gasteiger partial charge < -0.3 is 19.1 Å². The molecule has 0 unspecified atom stereocenters. The second kappa shape index (κ2) is 9.18. The number of anilines is 1. The Kier molecular flexibility index (Phi) is 6.27. The van der Waals surface area contributed by atoms with Gasteiger partial charge in [-0.3, -0.25) is 4.57 Å². The minimum Gasteiger partial charge on any atom is -0.473 e. The molecule has 7 nitrogen and oxygen atoms in total. The predicted octanol–water partition coefficient (Wildman–Crippen LogP) is 5.17. The highest BCUT2D eigenvalue weighted by Crippen LogP contribution is 2.39. The molecular formula is C24H19ClF5N3O4. The Morgan fingerprint density at radius 1 is 1.16 bits per heavy atom. The highest BCUT2D eigenvalue weighted by Gasteiger charge is 2.43. The Morgan fingerprint density at radius 2 is 1.89 bits per heavy atom. The van der Waals surface area contributed by atoms with Crippen LogP contribution in [0.5, 0.6) is 17.4 Å². The summed E-state index contributed by atoms with van der Waals surface area (Å²) in [6.45, 7) is 3.58. The average Bonchev–Trinajstić information content (AvgIpc) is 3.13. The molecule has 0 radical (unpaired) electrons. The molecule has 2 aliphatic heterocycles. The number of aromatic nitrogens is 2. The normalized spacial score (nSPS) is 18.9. The minimum absolute atomic E-state index is 0.0195. The van der Waals surface area contributed by atoms with E-state index in [1.54, 1.807) is 6.07 Å². The van der Waals surface area contributed by atoms with E-state index >= 15 is 0 Å². The predicted molar refractivity (Wildman–Crippen MR) is 122 cm³/mol. The van der Waals surface area contributed by atoms with Crippen LogP contribution in [0.2, 0.25) is 5.02 Å². The van der Waals surface area contributed by atoms with Crippen LogP contribution >= 0.6 is 11.6 Å². The first kappa shape index (κ1) is 25.3. The van der Waals surface area contributed by atoms with Crippen molar-refractivity contribution in [3.63, 3.8) is 0 Å². The maximum Gasteiger partial charge on any atom is 0.417 e. The molecular weight excluding hydrogens is 525 g/mol. The van der Waals surface area contributed by atoms with Crippen molar-refractivity contribution < 1.29 is 36.2 Å². The summed E-state index contributed by atoms with van der Waals surface area (Å²) < 4.78 is 86.2. The molecule has 3 aromatic rings. The van der Waals surface area contributed by atoms with Gasteiger partial charge in [-0.1, -0.05) is 11.6 Å². The Hall–Kier alpha value is -3.38. The van der Waals surface area contributed by atoms with E-state index < -0.39 is 51.1 Å². The van der Waals surface area contributed by atoms with Gasteiger partial charge in [0, 0.05) is 12.6 Å². The Labute approximate surface area is 211 Å². The number of fused-ring (bicyclic) bond motifs is 3. The van der Waals surface area contributed by atoms with E-state index in [1.165, 1.54) is 4.57 Å². The van der Waals surface area contributed by atoms with Crippen molar-refractivity contribution in [2.45, 2.75) is 31.8 Å². The number of alkyl halides is 3. The molecule has 1 atom stereocenters. The number of hydrogen-bond acceptors (Lipinski definition) is 6. The van der Waals surface area contributed by atoms with Crippen LogP contribution < -0.4 is 20.1 Å². The van der Waals surface area contributed by atoms with Crippen molar-refractivity contribution in [2.24, 2.45) is 0 Å². The Balaban J connectivity index is 1.33. The maximum absolute atomic E-state index is 14.7. The third kappa shape index (κ3) is 4.82. The van der Waals surface area contributed by atoms with E-state index in [0.717, 1.165) is 24.3 Å². The molecule has 0 saturated carbocycles. The second-order valence-electron chi connectivity index (χ2n) is 8.94. The summed E-state index contributed by atoms with van der Waals surface area (Å²) in [5, 5.41) is -0.577. The summed E-state index contributed by atoms with van der Waals surface area (Å²) >= 11 is 5.56. The average molecular weight is 544 g/mol. The fourth-order valence-electron chi connectivity index (χ4n) is 4.43. The summed E-state index contributed by atoms with van der Waals surface area (Å²) in [5.41, 5.74) is -2.07. The molecule has 3 heterocycles. The lowest BCUT2D eigenvalue weighted by molar-refractivity contribution is -0.137. The first-order valence-electron chi connectivity index (χ1n) is 11.1. The SMILES string of the molecule is C[C@@]12COCCN1c1cc(OCc3cc(F)c(Oc4ccc(Cl)c(C(F)(F)F)c4)c(F)c3)nc(=O)n1C2. The minimum atomic E-state index is -4.77. The van der Waals surface area contributed by atoms with E-state index in [9.17, 15) is 26.7 Å². The molecule has 13 heteroatoms. The monoisotopic (exact) mass is 543 g/mol. The third-order valence-corrected chi connectivity index (χ3v) is 6.50. The quantitative estimate of drug-likeness (QED) is 0.414. The van der Waals surface area contributed by atoms with Crippen molar-refractivity contribution in [2.75, 3.05) is 24.7 Å². The van der Waals surface area contributed by atoms with Crippen LogP contribution in [0.4, 0.5) is 27.8 Å². The molecule has 0 N–H and O–H groups in total. The lowest BCUT2D eigenvalue weighted by atomic mass is 10.0. The van der Waals surface area contributed by atoms with E-state index in [-0.39, 0.29) is 18.1 Å². The number of ether oxygens (including phenoxy) is 3. The molecule has 2 aromatic carbocycles. The molecule has 0 amide bonds. The molecule has 1 saturated heterocycles. The van der Waals surface area contributed by atoms with E-state index in [1.807, 2.05) is 11.8 Å². The molecule has 2 aliphatic rings. The smallest absolute Gasteiger partial charge is 0.417 e. The third-order valence-electron chi connectivity index (χ3n) is 6.17. The summed E-state index contributed by atoms with van der Waals surface area (Å²) in [4.78, 5) is 18.5. The Morgan fingerprint density at radius 3 is 2.59 bits per heavy atom. The fourth-order valence-corrected chi connectivity index (χ4v) is 4.66. The molecule has 0 aliphatic carbocycles. The summed E-state index contributed by atoms with van der Waals surface area (Å²) in [6, 6.07) is 5.95. The van der Waals surface area contributed by atoms with Gasteiger partial charge in [0.05, 0.1) is 35.9 Å². The van der Waals surface area contributed by atoms with Crippen molar-refractivity contribution in [1.82, 2.24) is 9.55 Å². The molecule has 1 fully saturated rings.